The van der Waals surface area contributed by atoms with Crippen LogP contribution in [0, 0.1) is 5.82 Å². The largest absolute Gasteiger partial charge is 0.349 e. The zero-order valence-electron chi connectivity index (χ0n) is 17.7. The van der Waals surface area contributed by atoms with Crippen LogP contribution in [-0.2, 0) is 0 Å². The van der Waals surface area contributed by atoms with E-state index in [4.69, 9.17) is 0 Å². The second-order valence-corrected chi connectivity index (χ2v) is 8.77. The Bertz CT molecular complexity index is 848. The van der Waals surface area contributed by atoms with Gasteiger partial charge >= 0.3 is 0 Å². The lowest BCUT2D eigenvalue weighted by atomic mass is 9.96. The molecule has 1 saturated heterocycles. The first kappa shape index (κ1) is 21.0. The van der Waals surface area contributed by atoms with Gasteiger partial charge < -0.3 is 16.0 Å². The molecule has 0 spiro atoms. The van der Waals surface area contributed by atoms with Crippen molar-refractivity contribution in [2.24, 2.45) is 0 Å². The van der Waals surface area contributed by atoms with E-state index in [1.807, 2.05) is 18.2 Å². The van der Waals surface area contributed by atoms with Crippen molar-refractivity contribution in [3.05, 3.63) is 71.0 Å². The van der Waals surface area contributed by atoms with Gasteiger partial charge in [0, 0.05) is 23.7 Å². The third-order valence-electron chi connectivity index (χ3n) is 6.59. The minimum atomic E-state index is -0.185. The molecule has 3 N–H and O–H groups in total. The molecule has 0 aromatic heterocycles. The average molecular weight is 410 g/mol. The van der Waals surface area contributed by atoms with Gasteiger partial charge in [0.1, 0.15) is 5.82 Å². The zero-order valence-corrected chi connectivity index (χ0v) is 17.7. The molecule has 4 nitrogen and oxygen atoms in total. The number of nitrogens with one attached hydrogen (secondary N) is 3. The van der Waals surface area contributed by atoms with E-state index >= 15 is 0 Å². The van der Waals surface area contributed by atoms with Crippen molar-refractivity contribution in [1.29, 1.82) is 0 Å². The number of piperidine rings is 1. The van der Waals surface area contributed by atoms with Gasteiger partial charge in [-0.25, -0.2) is 4.39 Å². The van der Waals surface area contributed by atoms with Gasteiger partial charge in [0.25, 0.3) is 5.91 Å². The number of hydrogen-bond donors (Lipinski definition) is 3. The smallest absolute Gasteiger partial charge is 0.251 e. The Kier molecular flexibility index (Phi) is 6.80. The number of hydrogen-bond acceptors (Lipinski definition) is 3. The van der Waals surface area contributed by atoms with E-state index in [0.29, 0.717) is 12.0 Å². The number of benzene rings is 2. The molecule has 2 aliphatic rings. The van der Waals surface area contributed by atoms with Crippen LogP contribution in [0.1, 0.15) is 72.5 Å². The lowest BCUT2D eigenvalue weighted by Gasteiger charge is -2.23. The van der Waals surface area contributed by atoms with Crippen LogP contribution in [0.2, 0.25) is 0 Å². The second-order valence-electron chi connectivity index (χ2n) is 8.77. The topological polar surface area (TPSA) is 53.2 Å². The van der Waals surface area contributed by atoms with Gasteiger partial charge in [0.05, 0.1) is 0 Å². The van der Waals surface area contributed by atoms with E-state index in [9.17, 15) is 9.18 Å². The quantitative estimate of drug-likeness (QED) is 0.667. The molecule has 2 aromatic carbocycles. The minimum Gasteiger partial charge on any atom is -0.349 e. The van der Waals surface area contributed by atoms with Crippen molar-refractivity contribution in [1.82, 2.24) is 16.0 Å². The monoisotopic (exact) mass is 409 g/mol. The Morgan fingerprint density at radius 1 is 1.03 bits per heavy atom. The number of rotatable bonds is 6. The molecular formula is C25H32FN3O. The number of carbonyl (C=O) groups excluding carboxylic acids is 1. The first-order valence-electron chi connectivity index (χ1n) is 11.2. The van der Waals surface area contributed by atoms with Gasteiger partial charge in [-0.1, -0.05) is 24.3 Å². The Morgan fingerprint density at radius 2 is 1.80 bits per heavy atom. The maximum atomic E-state index is 13.5. The van der Waals surface area contributed by atoms with Gasteiger partial charge in [-0.3, -0.25) is 4.79 Å². The normalized spacial score (nSPS) is 23.3. The predicted molar refractivity (Wildman–Crippen MR) is 118 cm³/mol. The molecule has 1 aliphatic carbocycles. The fourth-order valence-corrected chi connectivity index (χ4v) is 4.80. The summed E-state index contributed by atoms with van der Waals surface area (Å²) in [6, 6.07) is 15.8. The molecule has 30 heavy (non-hydrogen) atoms. The predicted octanol–water partition coefficient (Wildman–Crippen LogP) is 4.29. The van der Waals surface area contributed by atoms with Gasteiger partial charge in [0.15, 0.2) is 0 Å². The summed E-state index contributed by atoms with van der Waals surface area (Å²) in [6.07, 6.45) is 5.30. The van der Waals surface area contributed by atoms with Crippen LogP contribution in [0.5, 0.6) is 0 Å². The molecule has 1 unspecified atom stereocenters. The molecule has 1 aliphatic heterocycles. The summed E-state index contributed by atoms with van der Waals surface area (Å²) < 4.78 is 13.5. The van der Waals surface area contributed by atoms with Crippen LogP contribution in [-0.4, -0.2) is 31.1 Å². The Labute approximate surface area is 178 Å². The Balaban J connectivity index is 1.30. The fraction of sp³-hybridized carbons (Fsp3) is 0.480. The molecule has 0 bridgehead atoms. The summed E-state index contributed by atoms with van der Waals surface area (Å²) in [5, 5.41) is 10.1. The van der Waals surface area contributed by atoms with Crippen LogP contribution < -0.4 is 16.0 Å². The van der Waals surface area contributed by atoms with Crippen molar-refractivity contribution in [3.63, 3.8) is 0 Å². The average Bonchev–Trinajstić information content (AvgIpc) is 3.23. The highest BCUT2D eigenvalue weighted by Crippen LogP contribution is 2.35. The third-order valence-corrected chi connectivity index (χ3v) is 6.59. The van der Waals surface area contributed by atoms with E-state index in [1.165, 1.54) is 11.6 Å². The Morgan fingerprint density at radius 3 is 2.53 bits per heavy atom. The molecule has 2 fully saturated rings. The van der Waals surface area contributed by atoms with Crippen molar-refractivity contribution in [2.75, 3.05) is 13.1 Å². The molecule has 1 amide bonds. The molecule has 5 heteroatoms. The summed E-state index contributed by atoms with van der Waals surface area (Å²) >= 11 is 0. The van der Waals surface area contributed by atoms with Crippen LogP contribution in [0.4, 0.5) is 4.39 Å². The van der Waals surface area contributed by atoms with E-state index < -0.39 is 0 Å². The maximum absolute atomic E-state index is 13.5. The Hall–Kier alpha value is -2.24. The molecule has 1 saturated carbocycles. The van der Waals surface area contributed by atoms with Crippen molar-refractivity contribution in [2.45, 2.75) is 63.1 Å². The summed E-state index contributed by atoms with van der Waals surface area (Å²) in [6.45, 7) is 4.04. The SMILES string of the molecule is C[C@@H](N[C@H]1CCC(c2ccc(C(=O)NC3CCNCC3)cc2)C1)c1cccc(F)c1. The van der Waals surface area contributed by atoms with E-state index in [-0.39, 0.29) is 23.8 Å². The van der Waals surface area contributed by atoms with Crippen molar-refractivity contribution in [3.8, 4) is 0 Å². The van der Waals surface area contributed by atoms with E-state index in [2.05, 4.69) is 35.0 Å². The van der Waals surface area contributed by atoms with Crippen molar-refractivity contribution >= 4 is 5.91 Å². The highest BCUT2D eigenvalue weighted by atomic mass is 19.1. The van der Waals surface area contributed by atoms with Gasteiger partial charge in [-0.15, -0.1) is 0 Å². The number of carbonyl (C=O) groups is 1. The molecule has 1 heterocycles. The van der Waals surface area contributed by atoms with Gasteiger partial charge in [-0.2, -0.15) is 0 Å². The molecule has 3 atom stereocenters. The first-order chi connectivity index (χ1) is 14.6. The van der Waals surface area contributed by atoms with E-state index in [1.54, 1.807) is 12.1 Å². The summed E-state index contributed by atoms with van der Waals surface area (Å²) in [4.78, 5) is 12.5. The highest BCUT2D eigenvalue weighted by molar-refractivity contribution is 5.94. The van der Waals surface area contributed by atoms with Crippen molar-refractivity contribution < 1.29 is 9.18 Å². The lowest BCUT2D eigenvalue weighted by molar-refractivity contribution is 0.0929. The molecule has 160 valence electrons. The standard InChI is InChI=1S/C25H32FN3O/c1-17(20-3-2-4-22(26)15-20)28-24-10-9-21(16-24)18-5-7-19(8-6-18)25(30)29-23-11-13-27-14-12-23/h2-8,15,17,21,23-24,27-28H,9-14,16H2,1H3,(H,29,30)/t17-,21?,24+/m1/s1. The van der Waals surface area contributed by atoms with E-state index in [0.717, 1.165) is 56.3 Å². The summed E-state index contributed by atoms with van der Waals surface area (Å²) in [5.74, 6) is 0.349. The van der Waals surface area contributed by atoms with Crippen LogP contribution >= 0.6 is 0 Å². The first-order valence-corrected chi connectivity index (χ1v) is 11.2. The molecule has 4 rings (SSSR count). The van der Waals surface area contributed by atoms with Crippen LogP contribution in [0.3, 0.4) is 0 Å². The minimum absolute atomic E-state index is 0.0309. The number of amides is 1. The van der Waals surface area contributed by atoms with Gasteiger partial charge in [-0.05, 0) is 93.4 Å². The van der Waals surface area contributed by atoms with Crippen LogP contribution in [0.15, 0.2) is 48.5 Å². The third kappa shape index (κ3) is 5.27. The fourth-order valence-electron chi connectivity index (χ4n) is 4.80. The zero-order chi connectivity index (χ0) is 20.9. The molecule has 0 radical (unpaired) electrons. The maximum Gasteiger partial charge on any atom is 0.251 e. The number of halogens is 1. The van der Waals surface area contributed by atoms with Crippen LogP contribution in [0.25, 0.3) is 0 Å². The molecular weight excluding hydrogens is 377 g/mol. The summed E-state index contributed by atoms with van der Waals surface area (Å²) in [7, 11) is 0. The summed E-state index contributed by atoms with van der Waals surface area (Å²) in [5.41, 5.74) is 3.03. The van der Waals surface area contributed by atoms with Gasteiger partial charge in [0.2, 0.25) is 0 Å². The second kappa shape index (κ2) is 9.71. The lowest BCUT2D eigenvalue weighted by Crippen LogP contribution is -2.42. The molecule has 2 aromatic rings. The highest BCUT2D eigenvalue weighted by Gasteiger charge is 2.27.